The minimum Gasteiger partial charge on any atom is -0.351 e. The minimum atomic E-state index is -0.138. The molecule has 158 valence electrons. The van der Waals surface area contributed by atoms with Crippen LogP contribution < -0.4 is 5.32 Å². The summed E-state index contributed by atoms with van der Waals surface area (Å²) in [5, 5.41) is 8.49. The van der Waals surface area contributed by atoms with E-state index in [1.165, 1.54) is 5.56 Å². The smallest absolute Gasteiger partial charge is 0.237 e. The number of amides is 1. The van der Waals surface area contributed by atoms with E-state index in [1.54, 1.807) is 23.1 Å². The summed E-state index contributed by atoms with van der Waals surface area (Å²) in [6, 6.07) is 20.4. The van der Waals surface area contributed by atoms with Crippen molar-refractivity contribution in [1.29, 1.82) is 0 Å². The van der Waals surface area contributed by atoms with E-state index in [-0.39, 0.29) is 11.9 Å². The summed E-state index contributed by atoms with van der Waals surface area (Å²) in [4.78, 5) is 23.5. The lowest BCUT2D eigenvalue weighted by Gasteiger charge is -2.23. The summed E-state index contributed by atoms with van der Waals surface area (Å²) >= 11 is 3.40. The number of aromatic amines is 1. The van der Waals surface area contributed by atoms with Crippen molar-refractivity contribution in [2.75, 3.05) is 6.54 Å². The number of para-hydroxylation sites is 2. The highest BCUT2D eigenvalue weighted by Crippen LogP contribution is 2.33. The zero-order chi connectivity index (χ0) is 21.0. The van der Waals surface area contributed by atoms with Crippen LogP contribution in [-0.2, 0) is 17.9 Å². The maximum Gasteiger partial charge on any atom is 0.237 e. The summed E-state index contributed by atoms with van der Waals surface area (Å²) in [7, 11) is 0. The maximum absolute atomic E-state index is 13.1. The number of nitrogens with one attached hydrogen (secondary N) is 2. The zero-order valence-electron chi connectivity index (χ0n) is 17.0. The number of thioether (sulfide) groups is 1. The van der Waals surface area contributed by atoms with Gasteiger partial charge < -0.3 is 10.3 Å². The zero-order valence-corrected chi connectivity index (χ0v) is 18.7. The number of fused-ring (bicyclic) bond motifs is 1. The SMILES string of the molecule is O=C(NCc1ccsc1)[C@@H]1C[C@H](Sc2nc3ccccc3[nH]2)CN1Cc1ccccc1. The number of thiophene rings is 1. The van der Waals surface area contributed by atoms with Crippen LogP contribution in [0.5, 0.6) is 0 Å². The fraction of sp³-hybridized carbons (Fsp3) is 0.250. The first-order valence-electron chi connectivity index (χ1n) is 10.4. The van der Waals surface area contributed by atoms with Crippen molar-refractivity contribution in [2.24, 2.45) is 0 Å². The summed E-state index contributed by atoms with van der Waals surface area (Å²) < 4.78 is 0. The molecule has 2 atom stereocenters. The van der Waals surface area contributed by atoms with Gasteiger partial charge in [0.15, 0.2) is 5.16 Å². The molecule has 1 fully saturated rings. The van der Waals surface area contributed by atoms with Gasteiger partial charge in [0.2, 0.25) is 5.91 Å². The van der Waals surface area contributed by atoms with Crippen LogP contribution >= 0.6 is 23.1 Å². The average molecular weight is 449 g/mol. The normalized spacial score (nSPS) is 19.1. The van der Waals surface area contributed by atoms with Gasteiger partial charge in [-0.2, -0.15) is 11.3 Å². The number of hydrogen-bond donors (Lipinski definition) is 2. The Kier molecular flexibility index (Phi) is 6.06. The molecule has 1 amide bonds. The second kappa shape index (κ2) is 9.26. The van der Waals surface area contributed by atoms with Crippen LogP contribution in [0.2, 0.25) is 0 Å². The third kappa shape index (κ3) is 4.84. The van der Waals surface area contributed by atoms with Gasteiger partial charge in [0, 0.05) is 24.9 Å². The number of imidazole rings is 1. The van der Waals surface area contributed by atoms with Gasteiger partial charge in [0.1, 0.15) is 0 Å². The third-order valence-corrected chi connectivity index (χ3v) is 7.41. The lowest BCUT2D eigenvalue weighted by molar-refractivity contribution is -0.125. The number of benzene rings is 2. The first kappa shape index (κ1) is 20.3. The highest BCUT2D eigenvalue weighted by Gasteiger charge is 2.37. The van der Waals surface area contributed by atoms with Crippen molar-refractivity contribution < 1.29 is 4.79 Å². The number of rotatable bonds is 7. The molecule has 2 aromatic carbocycles. The van der Waals surface area contributed by atoms with Gasteiger partial charge in [-0.05, 0) is 46.5 Å². The van der Waals surface area contributed by atoms with E-state index in [0.29, 0.717) is 11.8 Å². The second-order valence-corrected chi connectivity index (χ2v) is 9.88. The van der Waals surface area contributed by atoms with Crippen LogP contribution in [0.3, 0.4) is 0 Å². The van der Waals surface area contributed by atoms with Crippen molar-refractivity contribution in [3.63, 3.8) is 0 Å². The molecule has 2 N–H and O–H groups in total. The molecular weight excluding hydrogens is 424 g/mol. The van der Waals surface area contributed by atoms with E-state index >= 15 is 0 Å². The molecule has 0 spiro atoms. The summed E-state index contributed by atoms with van der Waals surface area (Å²) in [5.74, 6) is 0.106. The summed E-state index contributed by atoms with van der Waals surface area (Å²) in [5.41, 5.74) is 4.41. The predicted octanol–water partition coefficient (Wildman–Crippen LogP) is 4.68. The summed E-state index contributed by atoms with van der Waals surface area (Å²) in [6.07, 6.45) is 0.810. The number of nitrogens with zero attached hydrogens (tertiary/aromatic N) is 2. The molecule has 1 aliphatic heterocycles. The van der Waals surface area contributed by atoms with E-state index in [9.17, 15) is 4.79 Å². The first-order valence-corrected chi connectivity index (χ1v) is 12.2. The van der Waals surface area contributed by atoms with E-state index in [0.717, 1.165) is 41.3 Å². The van der Waals surface area contributed by atoms with Crippen molar-refractivity contribution in [3.05, 3.63) is 82.6 Å². The van der Waals surface area contributed by atoms with Crippen molar-refractivity contribution in [1.82, 2.24) is 20.2 Å². The quantitative estimate of drug-likeness (QED) is 0.431. The lowest BCUT2D eigenvalue weighted by atomic mass is 10.1. The lowest BCUT2D eigenvalue weighted by Crippen LogP contribution is -2.42. The van der Waals surface area contributed by atoms with Gasteiger partial charge in [-0.3, -0.25) is 9.69 Å². The molecular formula is C24H24N4OS2. The van der Waals surface area contributed by atoms with Gasteiger partial charge in [-0.1, -0.05) is 54.2 Å². The highest BCUT2D eigenvalue weighted by atomic mass is 32.2. The van der Waals surface area contributed by atoms with Crippen LogP contribution in [0.4, 0.5) is 0 Å². The van der Waals surface area contributed by atoms with Crippen molar-refractivity contribution in [2.45, 2.75) is 36.0 Å². The Bertz CT molecular complexity index is 1110. The van der Waals surface area contributed by atoms with Crippen molar-refractivity contribution in [3.8, 4) is 0 Å². The van der Waals surface area contributed by atoms with Crippen LogP contribution in [0, 0.1) is 0 Å². The third-order valence-electron chi connectivity index (χ3n) is 5.59. The minimum absolute atomic E-state index is 0.106. The molecule has 5 nitrogen and oxygen atoms in total. The Hall–Kier alpha value is -2.61. The molecule has 1 aliphatic rings. The molecule has 1 saturated heterocycles. The molecule has 7 heteroatoms. The van der Waals surface area contributed by atoms with E-state index < -0.39 is 0 Å². The number of aromatic nitrogens is 2. The largest absolute Gasteiger partial charge is 0.351 e. The number of hydrogen-bond acceptors (Lipinski definition) is 5. The molecule has 0 aliphatic carbocycles. The van der Waals surface area contributed by atoms with Crippen molar-refractivity contribution >= 4 is 40.0 Å². The van der Waals surface area contributed by atoms with Gasteiger partial charge in [0.25, 0.3) is 0 Å². The molecule has 5 rings (SSSR count). The number of carbonyl (C=O) groups excluding carboxylic acids is 1. The van der Waals surface area contributed by atoms with Crippen LogP contribution in [0.15, 0.2) is 76.6 Å². The molecule has 4 aromatic rings. The average Bonchev–Trinajstić information content (AvgIpc) is 3.53. The highest BCUT2D eigenvalue weighted by molar-refractivity contribution is 7.99. The topological polar surface area (TPSA) is 61.0 Å². The van der Waals surface area contributed by atoms with Gasteiger partial charge >= 0.3 is 0 Å². The Morgan fingerprint density at radius 1 is 1.13 bits per heavy atom. The number of likely N-dealkylation sites (tertiary alicyclic amines) is 1. The number of H-pyrrole nitrogens is 1. The van der Waals surface area contributed by atoms with Gasteiger partial charge in [-0.25, -0.2) is 4.98 Å². The maximum atomic E-state index is 13.1. The molecule has 31 heavy (non-hydrogen) atoms. The second-order valence-electron chi connectivity index (χ2n) is 7.81. The van der Waals surface area contributed by atoms with Crippen LogP contribution in [0.25, 0.3) is 11.0 Å². The number of carbonyl (C=O) groups is 1. The van der Waals surface area contributed by atoms with Crippen LogP contribution in [0.1, 0.15) is 17.5 Å². The molecule has 0 unspecified atom stereocenters. The standard InChI is InChI=1S/C24H24N4OS2/c29-23(25-13-18-10-11-30-16-18)22-12-19(15-28(22)14-17-6-2-1-3-7-17)31-24-26-20-8-4-5-9-21(20)27-24/h1-11,16,19,22H,12-15H2,(H,25,29)(H,26,27)/t19-,22-/m0/s1. The molecule has 3 heterocycles. The molecule has 0 saturated carbocycles. The molecule has 2 aromatic heterocycles. The Morgan fingerprint density at radius 3 is 2.77 bits per heavy atom. The predicted molar refractivity (Wildman–Crippen MR) is 127 cm³/mol. The van der Waals surface area contributed by atoms with Crippen LogP contribution in [-0.4, -0.2) is 38.6 Å². The van der Waals surface area contributed by atoms with Gasteiger partial charge in [0.05, 0.1) is 17.1 Å². The summed E-state index contributed by atoms with van der Waals surface area (Å²) in [6.45, 7) is 2.21. The van der Waals surface area contributed by atoms with E-state index in [2.05, 4.69) is 50.9 Å². The Labute approximate surface area is 189 Å². The first-order chi connectivity index (χ1) is 15.2. The fourth-order valence-corrected chi connectivity index (χ4v) is 5.90. The monoisotopic (exact) mass is 448 g/mol. The molecule has 0 bridgehead atoms. The fourth-order valence-electron chi connectivity index (χ4n) is 4.06. The van der Waals surface area contributed by atoms with E-state index in [4.69, 9.17) is 4.98 Å². The van der Waals surface area contributed by atoms with Gasteiger partial charge in [-0.15, -0.1) is 0 Å². The molecule has 0 radical (unpaired) electrons. The Morgan fingerprint density at radius 2 is 1.97 bits per heavy atom. The Balaban J connectivity index is 1.30. The van der Waals surface area contributed by atoms with E-state index in [1.807, 2.05) is 35.7 Å².